The van der Waals surface area contributed by atoms with Crippen molar-refractivity contribution in [3.05, 3.63) is 65.3 Å². The quantitative estimate of drug-likeness (QED) is 0.608. The lowest BCUT2D eigenvalue weighted by Gasteiger charge is -2.11. The van der Waals surface area contributed by atoms with E-state index in [9.17, 15) is 0 Å². The van der Waals surface area contributed by atoms with Gasteiger partial charge in [0.25, 0.3) is 0 Å². The molecule has 0 heterocycles. The monoisotopic (exact) mass is 226 g/mol. The van der Waals surface area contributed by atoms with Crippen molar-refractivity contribution in [3.63, 3.8) is 0 Å². The largest absolute Gasteiger partial charge is 0.0801 e. The van der Waals surface area contributed by atoms with Crippen LogP contribution in [-0.4, -0.2) is 0 Å². The molecule has 17 heavy (non-hydrogen) atoms. The standard InChI is InChI=1S/C15H16.C2H6/c1-12-8-6-7-11-15(12)13(2)14-9-4-3-5-10-14;1-2/h3-9,11H,10H2,1-2H3;1-2H3/b14-13-;. The SMILES string of the molecule is C/C(=C1\C=CC=CC1)c1ccccc1C.CC. The third-order valence-corrected chi connectivity index (χ3v) is 2.91. The molecule has 0 N–H and O–H groups in total. The highest BCUT2D eigenvalue weighted by Crippen LogP contribution is 2.25. The lowest BCUT2D eigenvalue weighted by Crippen LogP contribution is -1.90. The maximum atomic E-state index is 2.21. The van der Waals surface area contributed by atoms with Crippen LogP contribution < -0.4 is 0 Å². The Labute approximate surface area is 105 Å². The zero-order chi connectivity index (χ0) is 12.7. The number of allylic oxidation sites excluding steroid dienone is 6. The summed E-state index contributed by atoms with van der Waals surface area (Å²) in [6.07, 6.45) is 9.69. The number of hydrogen-bond acceptors (Lipinski definition) is 0. The van der Waals surface area contributed by atoms with E-state index in [4.69, 9.17) is 0 Å². The Morgan fingerprint density at radius 3 is 2.35 bits per heavy atom. The molecule has 0 unspecified atom stereocenters. The summed E-state index contributed by atoms with van der Waals surface area (Å²) in [5.74, 6) is 0. The molecule has 0 saturated heterocycles. The molecule has 0 fully saturated rings. The third-order valence-electron chi connectivity index (χ3n) is 2.91. The summed E-state index contributed by atoms with van der Waals surface area (Å²) in [4.78, 5) is 0. The van der Waals surface area contributed by atoms with Crippen molar-refractivity contribution in [1.29, 1.82) is 0 Å². The zero-order valence-electron chi connectivity index (χ0n) is 11.3. The summed E-state index contributed by atoms with van der Waals surface area (Å²) in [7, 11) is 0. The van der Waals surface area contributed by atoms with Gasteiger partial charge in [-0.05, 0) is 42.5 Å². The zero-order valence-corrected chi connectivity index (χ0v) is 11.3. The van der Waals surface area contributed by atoms with Gasteiger partial charge in [0.2, 0.25) is 0 Å². The maximum Gasteiger partial charge on any atom is -0.00915 e. The van der Waals surface area contributed by atoms with Crippen LogP contribution in [0.3, 0.4) is 0 Å². The van der Waals surface area contributed by atoms with E-state index in [2.05, 4.69) is 62.4 Å². The molecule has 1 aromatic rings. The highest BCUT2D eigenvalue weighted by molar-refractivity contribution is 5.72. The lowest BCUT2D eigenvalue weighted by atomic mass is 9.94. The van der Waals surface area contributed by atoms with Gasteiger partial charge in [-0.15, -0.1) is 0 Å². The molecule has 90 valence electrons. The van der Waals surface area contributed by atoms with Crippen molar-refractivity contribution in [2.24, 2.45) is 0 Å². The van der Waals surface area contributed by atoms with Gasteiger partial charge in [0.05, 0.1) is 0 Å². The van der Waals surface area contributed by atoms with E-state index in [1.54, 1.807) is 0 Å². The predicted octanol–water partition coefficient (Wildman–Crippen LogP) is 5.31. The van der Waals surface area contributed by atoms with Gasteiger partial charge in [-0.25, -0.2) is 0 Å². The van der Waals surface area contributed by atoms with E-state index >= 15 is 0 Å². The van der Waals surface area contributed by atoms with E-state index in [1.165, 1.54) is 22.3 Å². The van der Waals surface area contributed by atoms with E-state index in [-0.39, 0.29) is 0 Å². The minimum absolute atomic E-state index is 1.05. The fraction of sp³-hybridized carbons (Fsp3) is 0.294. The first-order valence-electron chi connectivity index (χ1n) is 6.38. The summed E-state index contributed by atoms with van der Waals surface area (Å²) in [5.41, 5.74) is 5.54. The summed E-state index contributed by atoms with van der Waals surface area (Å²) >= 11 is 0. The van der Waals surface area contributed by atoms with E-state index in [1.807, 2.05) is 13.8 Å². The summed E-state index contributed by atoms with van der Waals surface area (Å²) in [5, 5.41) is 0. The molecule has 0 aromatic heterocycles. The van der Waals surface area contributed by atoms with Crippen LogP contribution in [-0.2, 0) is 0 Å². The van der Waals surface area contributed by atoms with Crippen molar-refractivity contribution in [2.45, 2.75) is 34.1 Å². The minimum atomic E-state index is 1.05. The summed E-state index contributed by atoms with van der Waals surface area (Å²) in [6.45, 7) is 8.38. The van der Waals surface area contributed by atoms with Crippen molar-refractivity contribution >= 4 is 5.57 Å². The fourth-order valence-electron chi connectivity index (χ4n) is 1.96. The Morgan fingerprint density at radius 1 is 1.06 bits per heavy atom. The van der Waals surface area contributed by atoms with E-state index < -0.39 is 0 Å². The second kappa shape index (κ2) is 6.90. The molecule has 1 aromatic carbocycles. The molecule has 0 amide bonds. The Bertz CT molecular complexity index is 445. The molecule has 2 rings (SSSR count). The van der Waals surface area contributed by atoms with Crippen LogP contribution in [0.2, 0.25) is 0 Å². The molecule has 0 heteroatoms. The van der Waals surface area contributed by atoms with Gasteiger partial charge in [0.15, 0.2) is 0 Å². The van der Waals surface area contributed by atoms with Crippen LogP contribution in [0.15, 0.2) is 54.1 Å². The lowest BCUT2D eigenvalue weighted by molar-refractivity contribution is 1.25. The maximum absolute atomic E-state index is 2.21. The minimum Gasteiger partial charge on any atom is -0.0801 e. The van der Waals surface area contributed by atoms with Gasteiger partial charge in [-0.2, -0.15) is 0 Å². The molecule has 0 nitrogen and oxygen atoms in total. The first kappa shape index (κ1) is 13.5. The molecule has 0 saturated carbocycles. The molecule has 1 aliphatic rings. The molecule has 0 radical (unpaired) electrons. The van der Waals surface area contributed by atoms with E-state index in [0.29, 0.717) is 0 Å². The smallest absolute Gasteiger partial charge is 0.00915 e. The number of hydrogen-bond donors (Lipinski definition) is 0. The third kappa shape index (κ3) is 3.45. The number of rotatable bonds is 1. The van der Waals surface area contributed by atoms with Crippen molar-refractivity contribution in [3.8, 4) is 0 Å². The molecule has 1 aliphatic carbocycles. The number of aryl methyl sites for hydroxylation is 1. The fourth-order valence-corrected chi connectivity index (χ4v) is 1.96. The van der Waals surface area contributed by atoms with Gasteiger partial charge < -0.3 is 0 Å². The van der Waals surface area contributed by atoms with Crippen LogP contribution in [0.4, 0.5) is 0 Å². The highest BCUT2D eigenvalue weighted by Gasteiger charge is 2.04. The Balaban J connectivity index is 0.000000686. The topological polar surface area (TPSA) is 0 Å². The first-order valence-corrected chi connectivity index (χ1v) is 6.38. The average molecular weight is 226 g/mol. The number of benzene rings is 1. The predicted molar refractivity (Wildman–Crippen MR) is 78.0 cm³/mol. The summed E-state index contributed by atoms with van der Waals surface area (Å²) < 4.78 is 0. The molecule has 0 spiro atoms. The van der Waals surface area contributed by atoms with Gasteiger partial charge >= 0.3 is 0 Å². The second-order valence-corrected chi connectivity index (χ2v) is 3.96. The van der Waals surface area contributed by atoms with Crippen LogP contribution in [0, 0.1) is 6.92 Å². The van der Waals surface area contributed by atoms with Gasteiger partial charge in [-0.3, -0.25) is 0 Å². The Morgan fingerprint density at radius 2 is 1.76 bits per heavy atom. The van der Waals surface area contributed by atoms with Crippen LogP contribution in [0.25, 0.3) is 5.57 Å². The molecular formula is C17H22. The highest BCUT2D eigenvalue weighted by atomic mass is 14.1. The Kier molecular flexibility index (Phi) is 5.48. The average Bonchev–Trinajstić information content (AvgIpc) is 2.42. The van der Waals surface area contributed by atoms with Gasteiger partial charge in [0.1, 0.15) is 0 Å². The molecular weight excluding hydrogens is 204 g/mol. The van der Waals surface area contributed by atoms with Crippen molar-refractivity contribution in [1.82, 2.24) is 0 Å². The van der Waals surface area contributed by atoms with Crippen LogP contribution in [0.5, 0.6) is 0 Å². The van der Waals surface area contributed by atoms with Gasteiger partial charge in [0, 0.05) is 0 Å². The molecule has 0 aliphatic heterocycles. The van der Waals surface area contributed by atoms with Crippen LogP contribution >= 0.6 is 0 Å². The second-order valence-electron chi connectivity index (χ2n) is 3.96. The first-order chi connectivity index (χ1) is 8.29. The summed E-state index contributed by atoms with van der Waals surface area (Å²) in [6, 6.07) is 8.56. The Hall–Kier alpha value is -1.56. The van der Waals surface area contributed by atoms with E-state index in [0.717, 1.165) is 6.42 Å². The molecule has 0 atom stereocenters. The van der Waals surface area contributed by atoms with Gasteiger partial charge in [-0.1, -0.05) is 62.4 Å². The van der Waals surface area contributed by atoms with Crippen molar-refractivity contribution < 1.29 is 0 Å². The molecule has 0 bridgehead atoms. The van der Waals surface area contributed by atoms with Crippen LogP contribution in [0.1, 0.15) is 38.3 Å². The van der Waals surface area contributed by atoms with Crippen molar-refractivity contribution in [2.75, 3.05) is 0 Å². The normalized spacial score (nSPS) is 16.2.